The summed E-state index contributed by atoms with van der Waals surface area (Å²) in [6.45, 7) is 3.23. The molecule has 0 bridgehead atoms. The molecule has 0 saturated carbocycles. The molecule has 5 heterocycles. The molecule has 4 aliphatic rings. The molecule has 6 rings (SSSR count). The number of hydrogen-bond acceptors (Lipinski definition) is 8. The molecule has 4 unspecified atom stereocenters. The van der Waals surface area contributed by atoms with Crippen molar-refractivity contribution in [2.45, 2.75) is 56.5 Å². The van der Waals surface area contributed by atoms with Gasteiger partial charge in [0.05, 0.1) is 22.7 Å². The quantitative estimate of drug-likeness (QED) is 0.717. The molecule has 0 spiro atoms. The third-order valence-electron chi connectivity index (χ3n) is 6.49. The van der Waals surface area contributed by atoms with Crippen molar-refractivity contribution in [3.05, 3.63) is 34.9 Å². The number of fused-ring (bicyclic) bond motifs is 3. The number of aliphatic imine (C=N–C) groups is 1. The summed E-state index contributed by atoms with van der Waals surface area (Å²) in [5.74, 6) is 0.672. The van der Waals surface area contributed by atoms with Crippen molar-refractivity contribution in [1.82, 2.24) is 10.1 Å². The fourth-order valence-electron chi connectivity index (χ4n) is 4.98. The van der Waals surface area contributed by atoms with Crippen LogP contribution < -0.4 is 9.80 Å². The molecule has 31 heavy (non-hydrogen) atoms. The number of amides is 1. The number of anilines is 2. The minimum absolute atomic E-state index is 0.149. The van der Waals surface area contributed by atoms with E-state index in [9.17, 15) is 4.79 Å². The molecular weight excluding hydrogens is 422 g/mol. The summed E-state index contributed by atoms with van der Waals surface area (Å²) < 4.78 is 17.2. The topological polar surface area (TPSA) is 93.3 Å². The Bertz CT molecular complexity index is 1060. The van der Waals surface area contributed by atoms with E-state index in [-0.39, 0.29) is 12.0 Å². The van der Waals surface area contributed by atoms with Gasteiger partial charge in [0.2, 0.25) is 5.82 Å². The Labute approximate surface area is 184 Å². The second-order valence-corrected chi connectivity index (χ2v) is 8.87. The highest BCUT2D eigenvalue weighted by molar-refractivity contribution is 6.35. The standard InChI is InChI=1S/C21H22ClN5O4/c1-21(8-4-10-30-21)27-16-12(22)5-2-6-13(16)26-11-23-15(17(26)20(27)28)19-24-18(25-31-19)14-7-3-9-29-14/h2,5-6,11,14-15,17H,3-4,7-10H2,1H3. The molecule has 10 heteroatoms. The van der Waals surface area contributed by atoms with Crippen LogP contribution in [-0.2, 0) is 14.3 Å². The van der Waals surface area contributed by atoms with Gasteiger partial charge in [-0.2, -0.15) is 4.98 Å². The van der Waals surface area contributed by atoms with Crippen molar-refractivity contribution >= 4 is 35.2 Å². The Morgan fingerprint density at radius 2 is 2.16 bits per heavy atom. The summed E-state index contributed by atoms with van der Waals surface area (Å²) in [6.07, 6.45) is 4.93. The normalized spacial score (nSPS) is 32.1. The number of ether oxygens (including phenoxy) is 2. The summed E-state index contributed by atoms with van der Waals surface area (Å²) >= 11 is 6.59. The third kappa shape index (κ3) is 2.83. The number of rotatable bonds is 3. The summed E-state index contributed by atoms with van der Waals surface area (Å²) in [5, 5.41) is 4.60. The first-order chi connectivity index (χ1) is 15.1. The summed E-state index contributed by atoms with van der Waals surface area (Å²) in [6, 6.07) is 4.33. The van der Waals surface area contributed by atoms with Crippen molar-refractivity contribution in [1.29, 1.82) is 0 Å². The Morgan fingerprint density at radius 3 is 2.94 bits per heavy atom. The average molecular weight is 444 g/mol. The van der Waals surface area contributed by atoms with Crippen molar-refractivity contribution < 1.29 is 18.8 Å². The summed E-state index contributed by atoms with van der Waals surface area (Å²) in [5.41, 5.74) is 0.680. The second-order valence-electron chi connectivity index (χ2n) is 8.46. The minimum Gasteiger partial charge on any atom is -0.370 e. The van der Waals surface area contributed by atoms with Gasteiger partial charge in [0.25, 0.3) is 11.8 Å². The smallest absolute Gasteiger partial charge is 0.255 e. The van der Waals surface area contributed by atoms with E-state index in [1.165, 1.54) is 0 Å². The van der Waals surface area contributed by atoms with E-state index in [1.54, 1.807) is 17.3 Å². The van der Waals surface area contributed by atoms with E-state index in [4.69, 9.17) is 25.6 Å². The number of nitrogens with zero attached hydrogens (tertiary/aromatic N) is 5. The van der Waals surface area contributed by atoms with Crippen LogP contribution in [-0.4, -0.2) is 47.4 Å². The minimum atomic E-state index is -0.770. The summed E-state index contributed by atoms with van der Waals surface area (Å²) in [4.78, 5) is 26.6. The van der Waals surface area contributed by atoms with Gasteiger partial charge >= 0.3 is 0 Å². The molecule has 162 valence electrons. The maximum atomic E-state index is 13.9. The van der Waals surface area contributed by atoms with E-state index in [0.717, 1.165) is 31.4 Å². The first kappa shape index (κ1) is 19.2. The third-order valence-corrected chi connectivity index (χ3v) is 6.80. The lowest BCUT2D eigenvalue weighted by Gasteiger charge is -2.46. The molecule has 4 atom stereocenters. The van der Waals surface area contributed by atoms with Gasteiger partial charge in [0, 0.05) is 13.2 Å². The van der Waals surface area contributed by atoms with E-state index in [1.807, 2.05) is 24.0 Å². The van der Waals surface area contributed by atoms with Crippen molar-refractivity contribution in [2.75, 3.05) is 23.0 Å². The molecule has 0 radical (unpaired) electrons. The zero-order chi connectivity index (χ0) is 21.2. The average Bonchev–Trinajstić information content (AvgIpc) is 3.54. The number of carbonyl (C=O) groups excluding carboxylic acids is 1. The van der Waals surface area contributed by atoms with Gasteiger partial charge in [-0.15, -0.1) is 0 Å². The summed E-state index contributed by atoms with van der Waals surface area (Å²) in [7, 11) is 0. The number of halogens is 1. The van der Waals surface area contributed by atoms with E-state index in [0.29, 0.717) is 35.6 Å². The van der Waals surface area contributed by atoms with Crippen molar-refractivity contribution in [2.24, 2.45) is 4.99 Å². The molecule has 2 saturated heterocycles. The van der Waals surface area contributed by atoms with Gasteiger partial charge in [0.1, 0.15) is 17.9 Å². The van der Waals surface area contributed by atoms with Crippen LogP contribution in [0, 0.1) is 0 Å². The predicted octanol–water partition coefficient (Wildman–Crippen LogP) is 3.41. The number of hydrogen-bond donors (Lipinski definition) is 0. The van der Waals surface area contributed by atoms with Crippen molar-refractivity contribution in [3.63, 3.8) is 0 Å². The maximum Gasteiger partial charge on any atom is 0.255 e. The van der Waals surface area contributed by atoms with Crippen LogP contribution in [0.2, 0.25) is 5.02 Å². The fraction of sp³-hybridized carbons (Fsp3) is 0.524. The van der Waals surface area contributed by atoms with E-state index < -0.39 is 17.8 Å². The zero-order valence-electron chi connectivity index (χ0n) is 17.0. The number of para-hydroxylation sites is 1. The Morgan fingerprint density at radius 1 is 1.26 bits per heavy atom. The fourth-order valence-corrected chi connectivity index (χ4v) is 5.23. The highest BCUT2D eigenvalue weighted by Crippen LogP contribution is 2.49. The zero-order valence-corrected chi connectivity index (χ0v) is 17.8. The van der Waals surface area contributed by atoms with Gasteiger partial charge in [-0.05, 0) is 44.7 Å². The van der Waals surface area contributed by atoms with Crippen LogP contribution in [0.25, 0.3) is 0 Å². The van der Waals surface area contributed by atoms with Crippen LogP contribution in [0.3, 0.4) is 0 Å². The lowest BCUT2D eigenvalue weighted by atomic mass is 9.97. The molecule has 1 aromatic carbocycles. The molecule has 2 fully saturated rings. The molecular formula is C21H22ClN5O4. The number of carbonyl (C=O) groups is 1. The Kier molecular flexibility index (Phi) is 4.35. The molecule has 9 nitrogen and oxygen atoms in total. The Balaban J connectivity index is 1.41. The van der Waals surface area contributed by atoms with Gasteiger partial charge in [-0.3, -0.25) is 14.7 Å². The van der Waals surface area contributed by atoms with Crippen molar-refractivity contribution in [3.8, 4) is 0 Å². The predicted molar refractivity (Wildman–Crippen MR) is 112 cm³/mol. The maximum absolute atomic E-state index is 13.9. The van der Waals surface area contributed by atoms with Gasteiger partial charge in [-0.25, -0.2) is 0 Å². The molecule has 2 aromatic rings. The first-order valence-corrected chi connectivity index (χ1v) is 11.0. The van der Waals surface area contributed by atoms with Gasteiger partial charge in [-0.1, -0.05) is 22.8 Å². The van der Waals surface area contributed by atoms with E-state index >= 15 is 0 Å². The largest absolute Gasteiger partial charge is 0.370 e. The molecule has 0 N–H and O–H groups in total. The lowest BCUT2D eigenvalue weighted by Crippen LogP contribution is -2.60. The van der Waals surface area contributed by atoms with Crippen LogP contribution in [0.4, 0.5) is 11.4 Å². The van der Waals surface area contributed by atoms with Gasteiger partial charge in [0.15, 0.2) is 6.04 Å². The van der Waals surface area contributed by atoms with Crippen LogP contribution in [0.1, 0.15) is 56.5 Å². The molecule has 4 aliphatic heterocycles. The monoisotopic (exact) mass is 443 g/mol. The van der Waals surface area contributed by atoms with E-state index in [2.05, 4.69) is 15.1 Å². The van der Waals surface area contributed by atoms with Crippen LogP contribution >= 0.6 is 11.6 Å². The first-order valence-electron chi connectivity index (χ1n) is 10.6. The number of aromatic nitrogens is 2. The molecule has 0 aliphatic carbocycles. The Hall–Kier alpha value is -2.49. The molecule has 1 amide bonds. The second kappa shape index (κ2) is 7.01. The highest BCUT2D eigenvalue weighted by Gasteiger charge is 2.54. The highest BCUT2D eigenvalue weighted by atomic mass is 35.5. The lowest BCUT2D eigenvalue weighted by molar-refractivity contribution is -0.125. The van der Waals surface area contributed by atoms with Crippen LogP contribution in [0.5, 0.6) is 0 Å². The van der Waals surface area contributed by atoms with Gasteiger partial charge < -0.3 is 18.9 Å². The van der Waals surface area contributed by atoms with Crippen LogP contribution in [0.15, 0.2) is 27.7 Å². The number of benzene rings is 1. The molecule has 1 aromatic heterocycles. The SMILES string of the molecule is CC1(N2C(=O)C3C(c4nc(C5CCCO5)no4)N=CN3c3cccc(Cl)c32)CCCO1.